The van der Waals surface area contributed by atoms with Crippen LogP contribution in [0.2, 0.25) is 5.02 Å². The Bertz CT molecular complexity index is 862. The van der Waals surface area contributed by atoms with Gasteiger partial charge in [0, 0.05) is 35.5 Å². The molecule has 0 saturated heterocycles. The molecule has 1 aromatic carbocycles. The summed E-state index contributed by atoms with van der Waals surface area (Å²) < 4.78 is 17.4. The number of carbonyl (C=O) groups is 1. The molecule has 4 nitrogen and oxygen atoms in total. The summed E-state index contributed by atoms with van der Waals surface area (Å²) in [5, 5.41) is 0.706. The van der Waals surface area contributed by atoms with Crippen LogP contribution in [0.15, 0.2) is 29.2 Å². The van der Waals surface area contributed by atoms with Gasteiger partial charge in [0.2, 0.25) is 0 Å². The Morgan fingerprint density at radius 1 is 1.09 bits per heavy atom. The fourth-order valence-corrected chi connectivity index (χ4v) is 9.05. The molecule has 3 aliphatic rings. The van der Waals surface area contributed by atoms with Crippen molar-refractivity contribution in [3.05, 3.63) is 29.3 Å². The van der Waals surface area contributed by atoms with Crippen LogP contribution >= 0.6 is 23.4 Å². The molecule has 3 saturated carbocycles. The lowest BCUT2D eigenvalue weighted by Crippen LogP contribution is -2.63. The minimum Gasteiger partial charge on any atom is -0.381 e. The van der Waals surface area contributed by atoms with Crippen LogP contribution < -0.4 is 0 Å². The summed E-state index contributed by atoms with van der Waals surface area (Å²) in [6.07, 6.45) is 4.97. The monoisotopic (exact) mass is 494 g/mol. The lowest BCUT2D eigenvalue weighted by atomic mass is 9.45. The van der Waals surface area contributed by atoms with Crippen molar-refractivity contribution in [2.45, 2.75) is 81.6 Å². The molecule has 3 unspecified atom stereocenters. The van der Waals surface area contributed by atoms with Gasteiger partial charge in [-0.05, 0) is 80.5 Å². The third-order valence-electron chi connectivity index (χ3n) is 9.55. The van der Waals surface area contributed by atoms with E-state index in [9.17, 15) is 4.79 Å². The first kappa shape index (κ1) is 25.5. The number of halogens is 1. The van der Waals surface area contributed by atoms with Crippen molar-refractivity contribution in [3.8, 4) is 0 Å². The fraction of sp³-hybridized carbons (Fsp3) is 0.741. The summed E-state index contributed by atoms with van der Waals surface area (Å²) >= 11 is 7.80. The molecule has 6 heteroatoms. The summed E-state index contributed by atoms with van der Waals surface area (Å²) in [7, 11) is 3.51. The van der Waals surface area contributed by atoms with Gasteiger partial charge in [0.25, 0.3) is 0 Å². The van der Waals surface area contributed by atoms with Crippen LogP contribution in [0.5, 0.6) is 0 Å². The lowest BCUT2D eigenvalue weighted by Gasteiger charge is -2.62. The van der Waals surface area contributed by atoms with Crippen LogP contribution in [0.4, 0.5) is 0 Å². The second-order valence-corrected chi connectivity index (χ2v) is 13.0. The largest absolute Gasteiger partial charge is 0.381 e. The van der Waals surface area contributed by atoms with Crippen LogP contribution in [-0.2, 0) is 19.0 Å². The number of methoxy groups -OCH3 is 2. The maximum absolute atomic E-state index is 14.4. The molecule has 2 bridgehead atoms. The Labute approximate surface area is 208 Å². The van der Waals surface area contributed by atoms with Gasteiger partial charge in [-0.25, -0.2) is 0 Å². The molecule has 0 heterocycles. The van der Waals surface area contributed by atoms with Crippen molar-refractivity contribution in [1.82, 2.24) is 0 Å². The number of rotatable bonds is 6. The van der Waals surface area contributed by atoms with Crippen molar-refractivity contribution in [2.75, 3.05) is 21.0 Å². The molecule has 3 aliphatic carbocycles. The van der Waals surface area contributed by atoms with Crippen molar-refractivity contribution in [2.24, 2.45) is 28.6 Å². The van der Waals surface area contributed by atoms with Crippen LogP contribution in [-0.4, -0.2) is 43.8 Å². The summed E-state index contributed by atoms with van der Waals surface area (Å²) in [6.45, 7) is 9.33. The maximum Gasteiger partial charge on any atom is 0.152 e. The van der Waals surface area contributed by atoms with Crippen molar-refractivity contribution < 1.29 is 19.0 Å². The van der Waals surface area contributed by atoms with E-state index in [0.29, 0.717) is 29.1 Å². The standard InChI is InChI=1S/C27H39ClO4S/c1-17-11-13-27-14-12-21(31-6)23(27)26(17,4)22(32-16-30-5)15-25(3,24(29)18(27)2)33-20-9-7-19(28)8-10-20/h7-10,17-18,21-23H,11-16H2,1-6H3/t17-,18+,21-,22?,23?,25-,26+,27?/m1/s1. The van der Waals surface area contributed by atoms with Gasteiger partial charge in [-0.3, -0.25) is 4.79 Å². The number of ketones is 1. The highest BCUT2D eigenvalue weighted by atomic mass is 35.5. The van der Waals surface area contributed by atoms with Gasteiger partial charge >= 0.3 is 0 Å². The fourth-order valence-electron chi connectivity index (χ4n) is 7.62. The van der Waals surface area contributed by atoms with E-state index in [4.69, 9.17) is 25.8 Å². The second kappa shape index (κ2) is 9.46. The molecule has 0 aliphatic heterocycles. The topological polar surface area (TPSA) is 44.8 Å². The van der Waals surface area contributed by atoms with E-state index in [0.717, 1.165) is 30.6 Å². The van der Waals surface area contributed by atoms with E-state index in [1.54, 1.807) is 18.9 Å². The smallest absolute Gasteiger partial charge is 0.152 e. The van der Waals surface area contributed by atoms with Crippen molar-refractivity contribution >= 4 is 29.1 Å². The molecule has 184 valence electrons. The molecule has 33 heavy (non-hydrogen) atoms. The van der Waals surface area contributed by atoms with E-state index in [1.807, 2.05) is 31.4 Å². The van der Waals surface area contributed by atoms with Crippen LogP contribution in [0, 0.1) is 28.6 Å². The number of Topliss-reactive ketones (excluding diaryl/α,β-unsaturated/α-hetero) is 1. The van der Waals surface area contributed by atoms with E-state index in [2.05, 4.69) is 27.7 Å². The predicted octanol–water partition coefficient (Wildman–Crippen LogP) is 6.64. The first-order valence-corrected chi connectivity index (χ1v) is 13.4. The Hall–Kier alpha value is -0.590. The van der Waals surface area contributed by atoms with Crippen molar-refractivity contribution in [1.29, 1.82) is 0 Å². The molecule has 0 spiro atoms. The number of carbonyl (C=O) groups excluding carboxylic acids is 1. The predicted molar refractivity (Wildman–Crippen MR) is 134 cm³/mol. The molecule has 0 aromatic heterocycles. The number of thioether (sulfide) groups is 1. The van der Waals surface area contributed by atoms with E-state index in [1.165, 1.54) is 0 Å². The van der Waals surface area contributed by atoms with Crippen LogP contribution in [0.3, 0.4) is 0 Å². The maximum atomic E-state index is 14.4. The Kier molecular flexibility index (Phi) is 7.31. The molecule has 1 aromatic rings. The van der Waals surface area contributed by atoms with Gasteiger partial charge in [-0.2, -0.15) is 0 Å². The minimum absolute atomic E-state index is 0.0253. The van der Waals surface area contributed by atoms with E-state index < -0.39 is 4.75 Å². The molecule has 0 radical (unpaired) electrons. The Morgan fingerprint density at radius 2 is 1.76 bits per heavy atom. The first-order valence-electron chi connectivity index (χ1n) is 12.2. The highest BCUT2D eigenvalue weighted by Gasteiger charge is 2.68. The Balaban J connectivity index is 1.83. The number of hydrogen-bond donors (Lipinski definition) is 0. The Morgan fingerprint density at radius 3 is 2.39 bits per heavy atom. The normalized spacial score (nSPS) is 43.1. The number of ether oxygens (including phenoxy) is 3. The van der Waals surface area contributed by atoms with Gasteiger partial charge in [-0.15, -0.1) is 11.8 Å². The summed E-state index contributed by atoms with van der Waals surface area (Å²) in [5.41, 5.74) is -0.152. The van der Waals surface area contributed by atoms with E-state index >= 15 is 0 Å². The van der Waals surface area contributed by atoms with Gasteiger partial charge in [0.1, 0.15) is 6.79 Å². The molecule has 0 amide bonds. The van der Waals surface area contributed by atoms with Gasteiger partial charge < -0.3 is 14.2 Å². The zero-order valence-electron chi connectivity index (χ0n) is 20.9. The molecular formula is C27H39ClO4S. The molecule has 4 rings (SSSR count). The van der Waals surface area contributed by atoms with Gasteiger partial charge in [-0.1, -0.05) is 32.4 Å². The molecular weight excluding hydrogens is 456 g/mol. The molecule has 8 atom stereocenters. The minimum atomic E-state index is -0.604. The average Bonchev–Trinajstić information content (AvgIpc) is 3.20. The van der Waals surface area contributed by atoms with Gasteiger partial charge in [0.15, 0.2) is 5.78 Å². The zero-order valence-corrected chi connectivity index (χ0v) is 22.4. The highest BCUT2D eigenvalue weighted by Crippen LogP contribution is 2.68. The lowest BCUT2D eigenvalue weighted by molar-refractivity contribution is -0.211. The second-order valence-electron chi connectivity index (χ2n) is 11.0. The highest BCUT2D eigenvalue weighted by molar-refractivity contribution is 8.01. The third-order valence-corrected chi connectivity index (χ3v) is 11.1. The quantitative estimate of drug-likeness (QED) is 0.415. The zero-order chi connectivity index (χ0) is 24.0. The summed E-state index contributed by atoms with van der Waals surface area (Å²) in [5.74, 6) is 1.08. The first-order chi connectivity index (χ1) is 15.6. The number of benzene rings is 1. The van der Waals surface area contributed by atoms with E-state index in [-0.39, 0.29) is 35.7 Å². The molecule has 3 fully saturated rings. The third kappa shape index (κ3) is 4.10. The van der Waals surface area contributed by atoms with Gasteiger partial charge in [0.05, 0.1) is 17.0 Å². The average molecular weight is 495 g/mol. The SMILES string of the molecule is COCOC1C[C@@](C)(Sc2ccc(Cl)cc2)C(=O)[C@H](C)C23CC[C@@H](C)[C@]1(C)C2[C@H](OC)CC3. The number of hydrogen-bond acceptors (Lipinski definition) is 5. The summed E-state index contributed by atoms with van der Waals surface area (Å²) in [6, 6.07) is 7.83. The van der Waals surface area contributed by atoms with Crippen molar-refractivity contribution in [3.63, 3.8) is 0 Å². The molecule has 0 N–H and O–H groups in total. The van der Waals surface area contributed by atoms with Crippen LogP contribution in [0.1, 0.15) is 59.8 Å². The summed E-state index contributed by atoms with van der Waals surface area (Å²) in [4.78, 5) is 15.4. The van der Waals surface area contributed by atoms with Crippen LogP contribution in [0.25, 0.3) is 0 Å².